The standard InChI is InChI=1S/C19H35NO2/c1-3-4-10-15-18-19(22-18)17(20)14-12-9-7-5-6-8-11-13-16(2)21/h12,14,17-19H,3-11,13,15,20H2,1-2H3. The van der Waals surface area contributed by atoms with Crippen molar-refractivity contribution in [2.45, 2.75) is 103 Å². The molecule has 3 heteroatoms. The molecule has 0 aromatic heterocycles. The fraction of sp³-hybridized carbons (Fsp3) is 0.842. The van der Waals surface area contributed by atoms with E-state index in [4.69, 9.17) is 10.5 Å². The summed E-state index contributed by atoms with van der Waals surface area (Å²) in [4.78, 5) is 10.8. The van der Waals surface area contributed by atoms with Gasteiger partial charge in [0.15, 0.2) is 0 Å². The Morgan fingerprint density at radius 3 is 2.59 bits per heavy atom. The van der Waals surface area contributed by atoms with Crippen molar-refractivity contribution < 1.29 is 9.53 Å². The first-order valence-electron chi connectivity index (χ1n) is 9.22. The SMILES string of the molecule is CCCCCC1OC1C(N)C=CCCCCCCCC(C)=O. The van der Waals surface area contributed by atoms with Crippen LogP contribution in [0, 0.1) is 0 Å². The zero-order chi connectivity index (χ0) is 16.2. The number of epoxide rings is 1. The van der Waals surface area contributed by atoms with Crippen molar-refractivity contribution in [3.8, 4) is 0 Å². The maximum atomic E-state index is 10.8. The number of hydrogen-bond acceptors (Lipinski definition) is 3. The number of unbranched alkanes of at least 4 members (excludes halogenated alkanes) is 7. The van der Waals surface area contributed by atoms with Crippen LogP contribution < -0.4 is 5.73 Å². The molecule has 2 N–H and O–H groups in total. The van der Waals surface area contributed by atoms with Gasteiger partial charge in [0, 0.05) is 6.42 Å². The fourth-order valence-electron chi connectivity index (χ4n) is 2.85. The molecule has 1 heterocycles. The largest absolute Gasteiger partial charge is 0.368 e. The molecule has 1 rings (SSSR count). The van der Waals surface area contributed by atoms with Crippen LogP contribution in [0.25, 0.3) is 0 Å². The average Bonchev–Trinajstić information content (AvgIpc) is 3.25. The van der Waals surface area contributed by atoms with Crippen LogP contribution >= 0.6 is 0 Å². The Balaban J connectivity index is 1.92. The summed E-state index contributed by atoms with van der Waals surface area (Å²) in [6, 6.07) is 0.0715. The highest BCUT2D eigenvalue weighted by Gasteiger charge is 2.41. The van der Waals surface area contributed by atoms with Crippen LogP contribution in [0.1, 0.15) is 84.5 Å². The van der Waals surface area contributed by atoms with Gasteiger partial charge in [0.05, 0.1) is 12.1 Å². The van der Waals surface area contributed by atoms with Crippen LogP contribution in [0.2, 0.25) is 0 Å². The summed E-state index contributed by atoms with van der Waals surface area (Å²) in [5, 5.41) is 0. The molecule has 3 nitrogen and oxygen atoms in total. The van der Waals surface area contributed by atoms with Crippen LogP contribution in [0.3, 0.4) is 0 Å². The quantitative estimate of drug-likeness (QED) is 0.291. The maximum Gasteiger partial charge on any atom is 0.129 e. The number of Topliss-reactive ketones (excluding diaryl/α,β-unsaturated/α-hetero) is 1. The van der Waals surface area contributed by atoms with Crippen molar-refractivity contribution in [3.05, 3.63) is 12.2 Å². The summed E-state index contributed by atoms with van der Waals surface area (Å²) in [7, 11) is 0. The van der Waals surface area contributed by atoms with E-state index >= 15 is 0 Å². The van der Waals surface area contributed by atoms with Crippen LogP contribution in [-0.4, -0.2) is 24.0 Å². The first-order chi connectivity index (χ1) is 10.6. The van der Waals surface area contributed by atoms with Gasteiger partial charge in [0.25, 0.3) is 0 Å². The lowest BCUT2D eigenvalue weighted by atomic mass is 10.1. The van der Waals surface area contributed by atoms with Crippen molar-refractivity contribution in [1.29, 1.82) is 0 Å². The van der Waals surface area contributed by atoms with Crippen LogP contribution in [0.15, 0.2) is 12.2 Å². The zero-order valence-corrected chi connectivity index (χ0v) is 14.6. The highest BCUT2D eigenvalue weighted by molar-refractivity contribution is 5.75. The Kier molecular flexibility index (Phi) is 10.4. The molecule has 3 atom stereocenters. The lowest BCUT2D eigenvalue weighted by Gasteiger charge is -2.02. The fourth-order valence-corrected chi connectivity index (χ4v) is 2.85. The number of hydrogen-bond donors (Lipinski definition) is 1. The van der Waals surface area contributed by atoms with Gasteiger partial charge in [-0.2, -0.15) is 0 Å². The molecule has 1 aliphatic heterocycles. The molecule has 0 aromatic carbocycles. The molecule has 1 aliphatic rings. The molecule has 0 amide bonds. The summed E-state index contributed by atoms with van der Waals surface area (Å²) < 4.78 is 5.66. The number of ketones is 1. The van der Waals surface area contributed by atoms with E-state index in [1.54, 1.807) is 6.92 Å². The second-order valence-corrected chi connectivity index (χ2v) is 6.65. The third-order valence-corrected chi connectivity index (χ3v) is 4.35. The molecule has 3 unspecified atom stereocenters. The summed E-state index contributed by atoms with van der Waals surface area (Å²) in [6.07, 6.45) is 17.8. The smallest absolute Gasteiger partial charge is 0.129 e. The summed E-state index contributed by atoms with van der Waals surface area (Å²) >= 11 is 0. The molecule has 22 heavy (non-hydrogen) atoms. The van der Waals surface area contributed by atoms with E-state index in [9.17, 15) is 4.79 Å². The Morgan fingerprint density at radius 2 is 1.86 bits per heavy atom. The average molecular weight is 309 g/mol. The highest BCUT2D eigenvalue weighted by atomic mass is 16.6. The second kappa shape index (κ2) is 11.8. The third-order valence-electron chi connectivity index (χ3n) is 4.35. The first-order valence-corrected chi connectivity index (χ1v) is 9.22. The predicted molar refractivity (Wildman–Crippen MR) is 92.9 cm³/mol. The minimum absolute atomic E-state index is 0.0715. The normalized spacial score (nSPS) is 22.1. The van der Waals surface area contributed by atoms with E-state index in [1.165, 1.54) is 51.4 Å². The predicted octanol–water partition coefficient (Wildman–Crippen LogP) is 4.54. The molecule has 0 aromatic rings. The molecule has 0 bridgehead atoms. The van der Waals surface area contributed by atoms with Crippen LogP contribution in [0.5, 0.6) is 0 Å². The number of ether oxygens (including phenoxy) is 1. The van der Waals surface area contributed by atoms with Gasteiger partial charge in [-0.15, -0.1) is 0 Å². The highest BCUT2D eigenvalue weighted by Crippen LogP contribution is 2.29. The van der Waals surface area contributed by atoms with Gasteiger partial charge >= 0.3 is 0 Å². The van der Waals surface area contributed by atoms with Gasteiger partial charge in [0.2, 0.25) is 0 Å². The monoisotopic (exact) mass is 309 g/mol. The van der Waals surface area contributed by atoms with Crippen molar-refractivity contribution in [2.75, 3.05) is 0 Å². The summed E-state index contributed by atoms with van der Waals surface area (Å²) in [5.41, 5.74) is 6.14. The summed E-state index contributed by atoms with van der Waals surface area (Å²) in [6.45, 7) is 3.90. The van der Waals surface area contributed by atoms with E-state index in [0.717, 1.165) is 19.3 Å². The topological polar surface area (TPSA) is 55.6 Å². The Morgan fingerprint density at radius 1 is 1.14 bits per heavy atom. The van der Waals surface area contributed by atoms with E-state index in [0.29, 0.717) is 11.9 Å². The van der Waals surface area contributed by atoms with Crippen molar-refractivity contribution in [3.63, 3.8) is 0 Å². The Hall–Kier alpha value is -0.670. The van der Waals surface area contributed by atoms with E-state index < -0.39 is 0 Å². The first kappa shape index (κ1) is 19.4. The molecule has 0 radical (unpaired) electrons. The number of carbonyl (C=O) groups is 1. The Bertz CT molecular complexity index is 327. The molecule has 1 saturated heterocycles. The molecular formula is C19H35NO2. The van der Waals surface area contributed by atoms with Crippen molar-refractivity contribution in [1.82, 2.24) is 0 Å². The molecular weight excluding hydrogens is 274 g/mol. The third kappa shape index (κ3) is 9.37. The van der Waals surface area contributed by atoms with Crippen molar-refractivity contribution >= 4 is 5.78 Å². The second-order valence-electron chi connectivity index (χ2n) is 6.65. The van der Waals surface area contributed by atoms with Gasteiger partial charge in [-0.25, -0.2) is 0 Å². The zero-order valence-electron chi connectivity index (χ0n) is 14.6. The Labute approximate surface area is 136 Å². The van der Waals surface area contributed by atoms with Gasteiger partial charge in [-0.1, -0.05) is 57.6 Å². The van der Waals surface area contributed by atoms with Crippen molar-refractivity contribution in [2.24, 2.45) is 5.73 Å². The van der Waals surface area contributed by atoms with Gasteiger partial charge < -0.3 is 15.3 Å². The minimum atomic E-state index is 0.0715. The van der Waals surface area contributed by atoms with Gasteiger partial charge in [0.1, 0.15) is 11.9 Å². The van der Waals surface area contributed by atoms with E-state index in [2.05, 4.69) is 19.1 Å². The lowest BCUT2D eigenvalue weighted by molar-refractivity contribution is -0.117. The van der Waals surface area contributed by atoms with Gasteiger partial charge in [-0.3, -0.25) is 0 Å². The van der Waals surface area contributed by atoms with Gasteiger partial charge in [-0.05, 0) is 32.6 Å². The number of allylic oxidation sites excluding steroid dienone is 1. The number of carbonyl (C=O) groups excluding carboxylic acids is 1. The van der Waals surface area contributed by atoms with Crippen LogP contribution in [-0.2, 0) is 9.53 Å². The molecule has 0 saturated carbocycles. The number of nitrogens with two attached hydrogens (primary N) is 1. The van der Waals surface area contributed by atoms with E-state index in [-0.39, 0.29) is 12.1 Å². The molecule has 128 valence electrons. The minimum Gasteiger partial charge on any atom is -0.368 e. The molecule has 0 aliphatic carbocycles. The summed E-state index contributed by atoms with van der Waals surface area (Å²) in [5.74, 6) is 0.312. The van der Waals surface area contributed by atoms with E-state index in [1.807, 2.05) is 0 Å². The molecule has 1 fully saturated rings. The maximum absolute atomic E-state index is 10.8. The molecule has 0 spiro atoms. The lowest BCUT2D eigenvalue weighted by Crippen LogP contribution is -2.25. The van der Waals surface area contributed by atoms with Crippen LogP contribution in [0.4, 0.5) is 0 Å². The number of rotatable bonds is 14.